The maximum atomic E-state index is 12.7. The van der Waals surface area contributed by atoms with E-state index in [1.165, 1.54) is 0 Å². The van der Waals surface area contributed by atoms with Crippen molar-refractivity contribution < 1.29 is 9.90 Å². The Labute approximate surface area is 130 Å². The van der Waals surface area contributed by atoms with E-state index in [2.05, 4.69) is 30.4 Å². The van der Waals surface area contributed by atoms with Crippen LogP contribution in [0.3, 0.4) is 0 Å². The third kappa shape index (κ3) is 2.66. The molecule has 6 heteroatoms. The van der Waals surface area contributed by atoms with Gasteiger partial charge in [-0.05, 0) is 32.9 Å². The first-order valence-electron chi connectivity index (χ1n) is 7.53. The Morgan fingerprint density at radius 1 is 1.36 bits per heavy atom. The Balaban J connectivity index is 1.77. The number of nitrogens with zero attached hydrogens (tertiary/aromatic N) is 4. The summed E-state index contributed by atoms with van der Waals surface area (Å²) in [5.41, 5.74) is 2.31. The number of carbonyl (C=O) groups is 1. The lowest BCUT2D eigenvalue weighted by molar-refractivity contribution is 0.0706. The van der Waals surface area contributed by atoms with E-state index in [4.69, 9.17) is 5.11 Å². The maximum Gasteiger partial charge on any atom is 0.255 e. The molecule has 0 saturated carbocycles. The minimum absolute atomic E-state index is 0.0327. The summed E-state index contributed by atoms with van der Waals surface area (Å²) >= 11 is 0. The zero-order valence-electron chi connectivity index (χ0n) is 13.3. The molecule has 2 aromatic rings. The molecule has 0 unspecified atom stereocenters. The van der Waals surface area contributed by atoms with E-state index in [-0.39, 0.29) is 18.1 Å². The predicted molar refractivity (Wildman–Crippen MR) is 82.3 cm³/mol. The van der Waals surface area contributed by atoms with E-state index < -0.39 is 0 Å². The third-order valence-corrected chi connectivity index (χ3v) is 4.01. The summed E-state index contributed by atoms with van der Waals surface area (Å²) in [7, 11) is 0. The molecule has 0 bridgehead atoms. The third-order valence-electron chi connectivity index (χ3n) is 4.01. The topological polar surface area (TPSA) is 63.3 Å². The zero-order chi connectivity index (χ0) is 15.9. The highest BCUT2D eigenvalue weighted by Gasteiger charge is 2.24. The second-order valence-electron chi connectivity index (χ2n) is 6.71. The van der Waals surface area contributed by atoms with Crippen molar-refractivity contribution in [2.45, 2.75) is 46.0 Å². The van der Waals surface area contributed by atoms with Crippen LogP contribution in [0.15, 0.2) is 24.5 Å². The Morgan fingerprint density at radius 3 is 2.77 bits per heavy atom. The maximum absolute atomic E-state index is 12.7. The van der Waals surface area contributed by atoms with Crippen molar-refractivity contribution in [1.29, 1.82) is 0 Å². The minimum Gasteiger partial charge on any atom is -0.390 e. The van der Waals surface area contributed by atoms with Crippen LogP contribution in [0.2, 0.25) is 0 Å². The number of aliphatic hydroxyl groups is 1. The van der Waals surface area contributed by atoms with Gasteiger partial charge in [-0.25, -0.2) is 0 Å². The van der Waals surface area contributed by atoms with Crippen molar-refractivity contribution in [1.82, 2.24) is 19.2 Å². The second-order valence-corrected chi connectivity index (χ2v) is 6.71. The smallest absolute Gasteiger partial charge is 0.255 e. The lowest BCUT2D eigenvalue weighted by Gasteiger charge is -2.27. The minimum atomic E-state index is -0.0671. The van der Waals surface area contributed by atoms with Crippen LogP contribution in [0.25, 0.3) is 0 Å². The molecule has 2 aromatic heterocycles. The van der Waals surface area contributed by atoms with Crippen LogP contribution in [0, 0.1) is 0 Å². The summed E-state index contributed by atoms with van der Waals surface area (Å²) < 4.78 is 3.92. The summed E-state index contributed by atoms with van der Waals surface area (Å²) in [6.45, 7) is 8.10. The summed E-state index contributed by atoms with van der Waals surface area (Å²) in [5, 5.41) is 13.5. The molecular formula is C16H22N4O2. The molecule has 0 aliphatic carbocycles. The molecule has 0 fully saturated rings. The van der Waals surface area contributed by atoms with Crippen LogP contribution < -0.4 is 0 Å². The number of hydrogen-bond acceptors (Lipinski definition) is 3. The molecule has 1 aliphatic heterocycles. The van der Waals surface area contributed by atoms with E-state index >= 15 is 0 Å². The average Bonchev–Trinajstić information content (AvgIpc) is 3.11. The number of carbonyl (C=O) groups excluding carboxylic acids is 1. The predicted octanol–water partition coefficient (Wildman–Crippen LogP) is 1.59. The Kier molecular flexibility index (Phi) is 3.56. The molecule has 1 aliphatic rings. The van der Waals surface area contributed by atoms with E-state index in [1.807, 2.05) is 34.1 Å². The summed E-state index contributed by atoms with van der Waals surface area (Å²) in [6.07, 6.45) is 3.86. The van der Waals surface area contributed by atoms with Gasteiger partial charge in [-0.3, -0.25) is 9.48 Å². The van der Waals surface area contributed by atoms with Gasteiger partial charge < -0.3 is 14.6 Å². The van der Waals surface area contributed by atoms with Crippen molar-refractivity contribution in [2.24, 2.45) is 0 Å². The van der Waals surface area contributed by atoms with Crippen molar-refractivity contribution >= 4 is 5.91 Å². The van der Waals surface area contributed by atoms with Crippen molar-refractivity contribution in [2.75, 3.05) is 6.54 Å². The Morgan fingerprint density at radius 2 is 2.14 bits per heavy atom. The fraction of sp³-hybridized carbons (Fsp3) is 0.500. The number of aromatic nitrogens is 3. The number of rotatable bonds is 2. The SMILES string of the molecule is CC(C)(C)n1ccc(C(=O)N2CCn3nc(CO)cc3C2)c1. The van der Waals surface area contributed by atoms with Gasteiger partial charge in [0.2, 0.25) is 0 Å². The molecule has 3 rings (SSSR count). The van der Waals surface area contributed by atoms with Crippen LogP contribution in [0.1, 0.15) is 42.5 Å². The van der Waals surface area contributed by atoms with E-state index in [1.54, 1.807) is 0 Å². The number of aliphatic hydroxyl groups excluding tert-OH is 1. The van der Waals surface area contributed by atoms with Gasteiger partial charge in [-0.1, -0.05) is 0 Å². The van der Waals surface area contributed by atoms with E-state index in [9.17, 15) is 4.79 Å². The van der Waals surface area contributed by atoms with E-state index in [0.29, 0.717) is 30.9 Å². The van der Waals surface area contributed by atoms with Gasteiger partial charge in [0.15, 0.2) is 0 Å². The molecule has 0 atom stereocenters. The van der Waals surface area contributed by atoms with Crippen molar-refractivity contribution in [3.63, 3.8) is 0 Å². The first-order chi connectivity index (χ1) is 10.4. The summed E-state index contributed by atoms with van der Waals surface area (Å²) in [4.78, 5) is 14.5. The average molecular weight is 302 g/mol. The molecule has 1 N–H and O–H groups in total. The summed E-state index contributed by atoms with van der Waals surface area (Å²) in [5.74, 6) is 0.0426. The largest absolute Gasteiger partial charge is 0.390 e. The van der Waals surface area contributed by atoms with Crippen LogP contribution in [0.5, 0.6) is 0 Å². The van der Waals surface area contributed by atoms with Gasteiger partial charge >= 0.3 is 0 Å². The standard InChI is InChI=1S/C16H22N4O2/c1-16(2,3)19-5-4-12(9-19)15(22)18-6-7-20-14(10-18)8-13(11-21)17-20/h4-5,8-9,21H,6-7,10-11H2,1-3H3. The highest BCUT2D eigenvalue weighted by atomic mass is 16.3. The summed E-state index contributed by atoms with van der Waals surface area (Å²) in [6, 6.07) is 3.73. The molecule has 1 amide bonds. The number of hydrogen-bond donors (Lipinski definition) is 1. The van der Waals surface area contributed by atoms with Gasteiger partial charge in [-0.2, -0.15) is 5.10 Å². The van der Waals surface area contributed by atoms with Crippen LogP contribution in [0.4, 0.5) is 0 Å². The molecule has 0 saturated heterocycles. The van der Waals surface area contributed by atoms with Gasteiger partial charge in [0.1, 0.15) is 0 Å². The van der Waals surface area contributed by atoms with Crippen molar-refractivity contribution in [3.05, 3.63) is 41.5 Å². The highest BCUT2D eigenvalue weighted by molar-refractivity contribution is 5.94. The molecule has 0 spiro atoms. The molecule has 118 valence electrons. The first kappa shape index (κ1) is 14.8. The fourth-order valence-corrected chi connectivity index (χ4v) is 2.70. The van der Waals surface area contributed by atoms with Crippen molar-refractivity contribution in [3.8, 4) is 0 Å². The van der Waals surface area contributed by atoms with Crippen LogP contribution in [-0.2, 0) is 25.2 Å². The monoisotopic (exact) mass is 302 g/mol. The highest BCUT2D eigenvalue weighted by Crippen LogP contribution is 2.19. The van der Waals surface area contributed by atoms with Gasteiger partial charge in [-0.15, -0.1) is 0 Å². The second kappa shape index (κ2) is 5.28. The van der Waals surface area contributed by atoms with E-state index in [0.717, 1.165) is 5.69 Å². The normalized spacial score (nSPS) is 15.0. The number of amides is 1. The Bertz CT molecular complexity index is 693. The van der Waals surface area contributed by atoms with Gasteiger partial charge in [0, 0.05) is 24.5 Å². The molecule has 3 heterocycles. The number of fused-ring (bicyclic) bond motifs is 1. The lowest BCUT2D eigenvalue weighted by Crippen LogP contribution is -2.38. The lowest BCUT2D eigenvalue weighted by atomic mass is 10.1. The molecule has 6 nitrogen and oxygen atoms in total. The zero-order valence-corrected chi connectivity index (χ0v) is 13.3. The quantitative estimate of drug-likeness (QED) is 0.916. The Hall–Kier alpha value is -2.08. The van der Waals surface area contributed by atoms with Crippen LogP contribution in [-0.4, -0.2) is 36.8 Å². The molecular weight excluding hydrogens is 280 g/mol. The van der Waals surface area contributed by atoms with Gasteiger partial charge in [0.25, 0.3) is 5.91 Å². The molecule has 0 aromatic carbocycles. The fourth-order valence-electron chi connectivity index (χ4n) is 2.70. The first-order valence-corrected chi connectivity index (χ1v) is 7.53. The van der Waals surface area contributed by atoms with Gasteiger partial charge in [0.05, 0.1) is 36.6 Å². The molecule has 0 radical (unpaired) electrons. The van der Waals surface area contributed by atoms with Crippen LogP contribution >= 0.6 is 0 Å². The molecule has 22 heavy (non-hydrogen) atoms.